The van der Waals surface area contributed by atoms with Gasteiger partial charge in [0.1, 0.15) is 5.82 Å². The number of carbonyl (C=O) groups excluding carboxylic acids is 2. The Labute approximate surface area is 164 Å². The maximum absolute atomic E-state index is 13.2. The summed E-state index contributed by atoms with van der Waals surface area (Å²) in [6.45, 7) is 4.93. The maximum atomic E-state index is 13.2. The second-order valence-corrected chi connectivity index (χ2v) is 7.36. The third-order valence-corrected chi connectivity index (χ3v) is 5.42. The summed E-state index contributed by atoms with van der Waals surface area (Å²) in [5.74, 6) is -0.350. The molecule has 0 aromatic heterocycles. The van der Waals surface area contributed by atoms with Crippen LogP contribution < -0.4 is 10.6 Å². The molecule has 1 atom stereocenters. The van der Waals surface area contributed by atoms with Gasteiger partial charge in [0.2, 0.25) is 5.91 Å². The highest BCUT2D eigenvalue weighted by molar-refractivity contribution is 5.93. The summed E-state index contributed by atoms with van der Waals surface area (Å²) in [4.78, 5) is 26.8. The molecule has 2 aromatic carbocycles. The van der Waals surface area contributed by atoms with Gasteiger partial charge in [0.25, 0.3) is 0 Å². The molecule has 28 heavy (non-hydrogen) atoms. The van der Waals surface area contributed by atoms with Gasteiger partial charge in [-0.05, 0) is 61.6 Å². The smallest absolute Gasteiger partial charge is 0.321 e. The van der Waals surface area contributed by atoms with Crippen LogP contribution in [0.1, 0.15) is 25.3 Å². The first-order valence-corrected chi connectivity index (χ1v) is 9.62. The second kappa shape index (κ2) is 8.87. The molecule has 0 saturated carbocycles. The molecule has 0 bridgehead atoms. The van der Waals surface area contributed by atoms with Crippen LogP contribution in [-0.2, 0) is 4.79 Å². The molecular formula is C22H26FN3O2. The van der Waals surface area contributed by atoms with E-state index in [-0.39, 0.29) is 29.6 Å². The van der Waals surface area contributed by atoms with E-state index in [1.807, 2.05) is 37.3 Å². The molecule has 148 valence electrons. The quantitative estimate of drug-likeness (QED) is 0.807. The molecule has 0 radical (unpaired) electrons. The van der Waals surface area contributed by atoms with Crippen LogP contribution in [-0.4, -0.2) is 29.9 Å². The molecule has 2 N–H and O–H groups in total. The first-order chi connectivity index (χ1) is 13.4. The lowest BCUT2D eigenvalue weighted by Crippen LogP contribution is -2.43. The number of anilines is 2. The number of rotatable bonds is 4. The number of benzene rings is 2. The van der Waals surface area contributed by atoms with Gasteiger partial charge in [-0.3, -0.25) is 4.79 Å². The number of hydrogen-bond donors (Lipinski definition) is 2. The monoisotopic (exact) mass is 383 g/mol. The largest absolute Gasteiger partial charge is 0.326 e. The highest BCUT2D eigenvalue weighted by atomic mass is 19.1. The maximum Gasteiger partial charge on any atom is 0.321 e. The minimum absolute atomic E-state index is 0.0677. The van der Waals surface area contributed by atoms with Crippen LogP contribution in [0.2, 0.25) is 0 Å². The van der Waals surface area contributed by atoms with Crippen molar-refractivity contribution in [3.8, 4) is 0 Å². The van der Waals surface area contributed by atoms with Crippen LogP contribution in [0.4, 0.5) is 20.6 Å². The molecule has 1 unspecified atom stereocenters. The molecule has 1 fully saturated rings. The van der Waals surface area contributed by atoms with Crippen LogP contribution >= 0.6 is 0 Å². The Bertz CT molecular complexity index is 833. The molecule has 5 nitrogen and oxygen atoms in total. The van der Waals surface area contributed by atoms with E-state index in [4.69, 9.17) is 0 Å². The summed E-state index contributed by atoms with van der Waals surface area (Å²) in [6, 6.07) is 13.6. The summed E-state index contributed by atoms with van der Waals surface area (Å²) >= 11 is 0. The zero-order valence-electron chi connectivity index (χ0n) is 16.2. The molecule has 3 rings (SSSR count). The van der Waals surface area contributed by atoms with Gasteiger partial charge in [-0.25, -0.2) is 9.18 Å². The van der Waals surface area contributed by atoms with Gasteiger partial charge in [0.05, 0.1) is 0 Å². The van der Waals surface area contributed by atoms with Crippen molar-refractivity contribution in [2.24, 2.45) is 11.8 Å². The number of carbonyl (C=O) groups is 2. The number of para-hydroxylation sites is 1. The topological polar surface area (TPSA) is 61.4 Å². The molecule has 1 aliphatic heterocycles. The van der Waals surface area contributed by atoms with E-state index in [1.54, 1.807) is 17.9 Å². The molecular weight excluding hydrogens is 357 g/mol. The fourth-order valence-corrected chi connectivity index (χ4v) is 3.55. The highest BCUT2D eigenvalue weighted by Crippen LogP contribution is 2.27. The van der Waals surface area contributed by atoms with E-state index < -0.39 is 0 Å². The lowest BCUT2D eigenvalue weighted by atomic mass is 9.85. The van der Waals surface area contributed by atoms with Gasteiger partial charge in [-0.1, -0.05) is 25.1 Å². The summed E-state index contributed by atoms with van der Waals surface area (Å²) in [5.41, 5.74) is 2.11. The van der Waals surface area contributed by atoms with Crippen LogP contribution in [0.25, 0.3) is 0 Å². The summed E-state index contributed by atoms with van der Waals surface area (Å²) in [5, 5.41) is 5.80. The van der Waals surface area contributed by atoms with Crippen LogP contribution in [0.3, 0.4) is 0 Å². The Morgan fingerprint density at radius 1 is 1.07 bits per heavy atom. The molecule has 0 aliphatic carbocycles. The SMILES string of the molecule is Cc1cc(F)ccc1NC(=O)C(C)C1CCN(C(=O)Nc2ccccc2)CC1. The molecule has 0 spiro atoms. The Hall–Kier alpha value is -2.89. The number of aryl methyl sites for hydroxylation is 1. The molecule has 3 amide bonds. The molecule has 1 aliphatic rings. The Morgan fingerprint density at radius 2 is 1.75 bits per heavy atom. The number of halogens is 1. The summed E-state index contributed by atoms with van der Waals surface area (Å²) in [7, 11) is 0. The van der Waals surface area contributed by atoms with Crippen molar-refractivity contribution >= 4 is 23.3 Å². The van der Waals surface area contributed by atoms with Crippen molar-refractivity contribution < 1.29 is 14.0 Å². The van der Waals surface area contributed by atoms with Crippen LogP contribution in [0.15, 0.2) is 48.5 Å². The van der Waals surface area contributed by atoms with Gasteiger partial charge in [0.15, 0.2) is 0 Å². The molecule has 2 aromatic rings. The second-order valence-electron chi connectivity index (χ2n) is 7.36. The fourth-order valence-electron chi connectivity index (χ4n) is 3.55. The van der Waals surface area contributed by atoms with Crippen LogP contribution in [0.5, 0.6) is 0 Å². The van der Waals surface area contributed by atoms with Crippen molar-refractivity contribution in [1.82, 2.24) is 4.90 Å². The lowest BCUT2D eigenvalue weighted by molar-refractivity contribution is -0.121. The van der Waals surface area contributed by atoms with Crippen molar-refractivity contribution in [2.75, 3.05) is 23.7 Å². The molecule has 6 heteroatoms. The Morgan fingerprint density at radius 3 is 2.39 bits per heavy atom. The molecule has 1 heterocycles. The summed E-state index contributed by atoms with van der Waals surface area (Å²) in [6.07, 6.45) is 1.55. The third-order valence-electron chi connectivity index (χ3n) is 5.42. The van der Waals surface area contributed by atoms with Crippen molar-refractivity contribution in [3.63, 3.8) is 0 Å². The Kier molecular flexibility index (Phi) is 6.29. The highest BCUT2D eigenvalue weighted by Gasteiger charge is 2.30. The number of likely N-dealkylation sites (tertiary alicyclic amines) is 1. The number of piperidine rings is 1. The predicted octanol–water partition coefficient (Wildman–Crippen LogP) is 4.65. The van der Waals surface area contributed by atoms with Crippen molar-refractivity contribution in [1.29, 1.82) is 0 Å². The molecule has 1 saturated heterocycles. The summed E-state index contributed by atoms with van der Waals surface area (Å²) < 4.78 is 13.2. The van der Waals surface area contributed by atoms with E-state index in [9.17, 15) is 14.0 Å². The van der Waals surface area contributed by atoms with E-state index in [0.717, 1.165) is 18.5 Å². The standard InChI is InChI=1S/C22H26FN3O2/c1-15-14-18(23)8-9-20(15)25-21(27)16(2)17-10-12-26(13-11-17)22(28)24-19-6-4-3-5-7-19/h3-9,14,16-17H,10-13H2,1-2H3,(H,24,28)(H,25,27). The van der Waals surface area contributed by atoms with Gasteiger partial charge in [0, 0.05) is 30.4 Å². The number of nitrogens with one attached hydrogen (secondary N) is 2. The third kappa shape index (κ3) is 4.88. The number of amides is 3. The number of nitrogens with zero attached hydrogens (tertiary/aromatic N) is 1. The minimum Gasteiger partial charge on any atom is -0.326 e. The minimum atomic E-state index is -0.315. The zero-order chi connectivity index (χ0) is 20.1. The van der Waals surface area contributed by atoms with Crippen LogP contribution in [0, 0.1) is 24.6 Å². The van der Waals surface area contributed by atoms with E-state index in [2.05, 4.69) is 10.6 Å². The normalized spacial score (nSPS) is 15.8. The van der Waals surface area contributed by atoms with E-state index in [1.165, 1.54) is 12.1 Å². The zero-order valence-corrected chi connectivity index (χ0v) is 16.2. The Balaban J connectivity index is 1.51. The number of hydrogen-bond acceptors (Lipinski definition) is 2. The van der Waals surface area contributed by atoms with Gasteiger partial charge in [-0.2, -0.15) is 0 Å². The first-order valence-electron chi connectivity index (χ1n) is 9.62. The van der Waals surface area contributed by atoms with Gasteiger partial charge in [-0.15, -0.1) is 0 Å². The average Bonchev–Trinajstić information content (AvgIpc) is 2.70. The lowest BCUT2D eigenvalue weighted by Gasteiger charge is -2.34. The predicted molar refractivity (Wildman–Crippen MR) is 109 cm³/mol. The first kappa shape index (κ1) is 19.9. The van der Waals surface area contributed by atoms with Crippen molar-refractivity contribution in [3.05, 3.63) is 59.9 Å². The fraction of sp³-hybridized carbons (Fsp3) is 0.364. The van der Waals surface area contributed by atoms with Gasteiger partial charge < -0.3 is 15.5 Å². The van der Waals surface area contributed by atoms with E-state index >= 15 is 0 Å². The average molecular weight is 383 g/mol. The number of urea groups is 1. The van der Waals surface area contributed by atoms with Crippen molar-refractivity contribution in [2.45, 2.75) is 26.7 Å². The van der Waals surface area contributed by atoms with Gasteiger partial charge >= 0.3 is 6.03 Å². The van der Waals surface area contributed by atoms with E-state index in [0.29, 0.717) is 24.3 Å².